The Balaban J connectivity index is 2.14. The van der Waals surface area contributed by atoms with E-state index < -0.39 is 0 Å². The minimum absolute atomic E-state index is 0.699. The van der Waals surface area contributed by atoms with Gasteiger partial charge >= 0.3 is 0 Å². The van der Waals surface area contributed by atoms with E-state index in [2.05, 4.69) is 22.9 Å². The smallest absolute Gasteiger partial charge is 0.131 e. The summed E-state index contributed by atoms with van der Waals surface area (Å²) in [7, 11) is 0. The molecule has 94 valence electrons. The Morgan fingerprint density at radius 1 is 1.24 bits per heavy atom. The summed E-state index contributed by atoms with van der Waals surface area (Å²) in [4.78, 5) is 7.07. The molecule has 0 atom stereocenters. The molecule has 0 radical (unpaired) electrons. The minimum atomic E-state index is 0.699. The third-order valence-corrected chi connectivity index (χ3v) is 3.45. The van der Waals surface area contributed by atoms with Gasteiger partial charge in [0, 0.05) is 19.3 Å². The maximum atomic E-state index is 5.57. The van der Waals surface area contributed by atoms with Crippen LogP contribution in [0.2, 0.25) is 0 Å². The van der Waals surface area contributed by atoms with Crippen LogP contribution < -0.4 is 10.6 Å². The highest BCUT2D eigenvalue weighted by molar-refractivity contribution is 5.47. The lowest BCUT2D eigenvalue weighted by molar-refractivity contribution is 0.726. The zero-order chi connectivity index (χ0) is 12.1. The second kappa shape index (κ2) is 6.01. The average Bonchev–Trinajstić information content (AvgIpc) is 2.58. The van der Waals surface area contributed by atoms with Crippen molar-refractivity contribution in [2.45, 2.75) is 39.0 Å². The van der Waals surface area contributed by atoms with E-state index in [0.29, 0.717) is 6.54 Å². The fourth-order valence-electron chi connectivity index (χ4n) is 2.54. The van der Waals surface area contributed by atoms with Crippen LogP contribution in [0.3, 0.4) is 0 Å². The Labute approximate surface area is 104 Å². The lowest BCUT2D eigenvalue weighted by Crippen LogP contribution is -2.25. The second-order valence-electron chi connectivity index (χ2n) is 4.92. The number of pyridine rings is 1. The molecule has 1 aromatic rings. The molecule has 2 heterocycles. The third kappa shape index (κ3) is 3.19. The zero-order valence-electron chi connectivity index (χ0n) is 10.8. The van der Waals surface area contributed by atoms with Crippen LogP contribution in [0, 0.1) is 6.92 Å². The lowest BCUT2D eigenvalue weighted by Gasteiger charge is -2.23. The van der Waals surface area contributed by atoms with Crippen molar-refractivity contribution in [2.24, 2.45) is 5.73 Å². The van der Waals surface area contributed by atoms with Gasteiger partial charge in [0.15, 0.2) is 0 Å². The highest BCUT2D eigenvalue weighted by Gasteiger charge is 2.13. The lowest BCUT2D eigenvalue weighted by atomic mass is 10.1. The first-order valence-electron chi connectivity index (χ1n) is 6.72. The highest BCUT2D eigenvalue weighted by Crippen LogP contribution is 2.21. The first kappa shape index (κ1) is 12.4. The van der Waals surface area contributed by atoms with Crippen LogP contribution in [0.25, 0.3) is 0 Å². The summed E-state index contributed by atoms with van der Waals surface area (Å²) in [6.45, 7) is 5.17. The van der Waals surface area contributed by atoms with Gasteiger partial charge in [-0.2, -0.15) is 0 Å². The van der Waals surface area contributed by atoms with Gasteiger partial charge in [0.2, 0.25) is 0 Å². The largest absolute Gasteiger partial charge is 0.356 e. The van der Waals surface area contributed by atoms with E-state index in [1.807, 2.05) is 6.20 Å². The van der Waals surface area contributed by atoms with E-state index in [4.69, 9.17) is 5.73 Å². The first-order chi connectivity index (χ1) is 8.31. The van der Waals surface area contributed by atoms with Crippen molar-refractivity contribution in [3.63, 3.8) is 0 Å². The number of hydrogen-bond acceptors (Lipinski definition) is 3. The Kier molecular flexibility index (Phi) is 4.37. The molecule has 3 nitrogen and oxygen atoms in total. The SMILES string of the molecule is Cc1cc(CCN)cnc1N1CCCCCC1. The molecule has 1 aromatic heterocycles. The van der Waals surface area contributed by atoms with Crippen molar-refractivity contribution in [3.05, 3.63) is 23.4 Å². The first-order valence-corrected chi connectivity index (χ1v) is 6.72. The van der Waals surface area contributed by atoms with Crippen molar-refractivity contribution in [1.29, 1.82) is 0 Å². The maximum absolute atomic E-state index is 5.57. The van der Waals surface area contributed by atoms with Gasteiger partial charge in [-0.25, -0.2) is 4.98 Å². The molecule has 3 heteroatoms. The van der Waals surface area contributed by atoms with Crippen LogP contribution in [-0.4, -0.2) is 24.6 Å². The summed E-state index contributed by atoms with van der Waals surface area (Å²) in [5, 5.41) is 0. The molecule has 1 fully saturated rings. The maximum Gasteiger partial charge on any atom is 0.131 e. The molecular weight excluding hydrogens is 210 g/mol. The van der Waals surface area contributed by atoms with Crippen LogP contribution in [0.5, 0.6) is 0 Å². The predicted octanol–water partition coefficient (Wildman–Crippen LogP) is 2.27. The average molecular weight is 233 g/mol. The molecular formula is C14H23N3. The Morgan fingerprint density at radius 2 is 1.94 bits per heavy atom. The summed E-state index contributed by atoms with van der Waals surface area (Å²) >= 11 is 0. The van der Waals surface area contributed by atoms with Gasteiger partial charge in [-0.05, 0) is 43.9 Å². The van der Waals surface area contributed by atoms with Crippen LogP contribution in [0.4, 0.5) is 5.82 Å². The van der Waals surface area contributed by atoms with Gasteiger partial charge < -0.3 is 10.6 Å². The Bertz CT molecular complexity index is 354. The molecule has 1 aliphatic rings. The highest BCUT2D eigenvalue weighted by atomic mass is 15.2. The second-order valence-corrected chi connectivity index (χ2v) is 4.92. The molecule has 0 aliphatic carbocycles. The molecule has 1 aliphatic heterocycles. The third-order valence-electron chi connectivity index (χ3n) is 3.45. The number of nitrogens with two attached hydrogens (primary N) is 1. The van der Waals surface area contributed by atoms with E-state index >= 15 is 0 Å². The normalized spacial score (nSPS) is 16.9. The summed E-state index contributed by atoms with van der Waals surface area (Å²) in [5.41, 5.74) is 8.12. The standard InChI is InChI=1S/C14H23N3/c1-12-10-13(6-7-15)11-16-14(12)17-8-4-2-3-5-9-17/h10-11H,2-9,15H2,1H3. The minimum Gasteiger partial charge on any atom is -0.356 e. The number of aryl methyl sites for hydroxylation is 1. The summed E-state index contributed by atoms with van der Waals surface area (Å²) < 4.78 is 0. The topological polar surface area (TPSA) is 42.1 Å². The molecule has 2 N–H and O–H groups in total. The number of aromatic nitrogens is 1. The van der Waals surface area contributed by atoms with Crippen molar-refractivity contribution in [3.8, 4) is 0 Å². The van der Waals surface area contributed by atoms with E-state index in [-0.39, 0.29) is 0 Å². The van der Waals surface area contributed by atoms with Gasteiger partial charge in [-0.1, -0.05) is 18.9 Å². The van der Waals surface area contributed by atoms with Gasteiger partial charge in [-0.15, -0.1) is 0 Å². The molecule has 0 aromatic carbocycles. The fourth-order valence-corrected chi connectivity index (χ4v) is 2.54. The summed E-state index contributed by atoms with van der Waals surface area (Å²) in [6.07, 6.45) is 8.23. The monoisotopic (exact) mass is 233 g/mol. The zero-order valence-corrected chi connectivity index (χ0v) is 10.8. The summed E-state index contributed by atoms with van der Waals surface area (Å²) in [5.74, 6) is 1.17. The van der Waals surface area contributed by atoms with E-state index in [1.165, 1.54) is 42.6 Å². The van der Waals surface area contributed by atoms with E-state index in [0.717, 1.165) is 19.5 Å². The van der Waals surface area contributed by atoms with Gasteiger partial charge in [-0.3, -0.25) is 0 Å². The molecule has 17 heavy (non-hydrogen) atoms. The van der Waals surface area contributed by atoms with Crippen LogP contribution in [0.1, 0.15) is 36.8 Å². The molecule has 0 unspecified atom stereocenters. The Morgan fingerprint density at radius 3 is 2.53 bits per heavy atom. The van der Waals surface area contributed by atoms with Crippen molar-refractivity contribution < 1.29 is 0 Å². The number of nitrogens with zero attached hydrogens (tertiary/aromatic N) is 2. The fraction of sp³-hybridized carbons (Fsp3) is 0.643. The van der Waals surface area contributed by atoms with Gasteiger partial charge in [0.25, 0.3) is 0 Å². The predicted molar refractivity (Wildman–Crippen MR) is 72.4 cm³/mol. The molecule has 0 saturated carbocycles. The van der Waals surface area contributed by atoms with Crippen molar-refractivity contribution in [2.75, 3.05) is 24.5 Å². The van der Waals surface area contributed by atoms with Gasteiger partial charge in [0.05, 0.1) is 0 Å². The van der Waals surface area contributed by atoms with Crippen LogP contribution in [0.15, 0.2) is 12.3 Å². The Hall–Kier alpha value is -1.09. The summed E-state index contributed by atoms with van der Waals surface area (Å²) in [6, 6.07) is 2.24. The molecule has 0 amide bonds. The van der Waals surface area contributed by atoms with Crippen molar-refractivity contribution in [1.82, 2.24) is 4.98 Å². The number of rotatable bonds is 3. The molecule has 0 bridgehead atoms. The van der Waals surface area contributed by atoms with Crippen LogP contribution >= 0.6 is 0 Å². The molecule has 2 rings (SSSR count). The van der Waals surface area contributed by atoms with E-state index in [1.54, 1.807) is 0 Å². The molecule has 1 saturated heterocycles. The number of hydrogen-bond donors (Lipinski definition) is 1. The number of anilines is 1. The van der Waals surface area contributed by atoms with Crippen LogP contribution in [-0.2, 0) is 6.42 Å². The molecule has 0 spiro atoms. The van der Waals surface area contributed by atoms with E-state index in [9.17, 15) is 0 Å². The van der Waals surface area contributed by atoms with Gasteiger partial charge in [0.1, 0.15) is 5.82 Å². The quantitative estimate of drug-likeness (QED) is 0.871. The van der Waals surface area contributed by atoms with Crippen molar-refractivity contribution >= 4 is 5.82 Å².